The maximum atomic E-state index is 12.6. The van der Waals surface area contributed by atoms with Crippen LogP contribution >= 0.6 is 27.3 Å². The van der Waals surface area contributed by atoms with Gasteiger partial charge in [0.05, 0.1) is 12.8 Å². The van der Waals surface area contributed by atoms with Gasteiger partial charge in [-0.2, -0.15) is 0 Å². The molecular weight excluding hydrogens is 442 g/mol. The first kappa shape index (κ1) is 18.7. The summed E-state index contributed by atoms with van der Waals surface area (Å²) in [6.45, 7) is 0. The van der Waals surface area contributed by atoms with Crippen molar-refractivity contribution in [2.75, 3.05) is 12.4 Å². The molecule has 0 fully saturated rings. The molecule has 3 aromatic rings. The number of carboxylic acids is 1. The van der Waals surface area contributed by atoms with Gasteiger partial charge in [-0.05, 0) is 23.8 Å². The topological polar surface area (TPSA) is 75.6 Å². The molecule has 1 aromatic heterocycles. The molecule has 0 aliphatic carbocycles. The molecule has 5 nitrogen and oxygen atoms in total. The highest BCUT2D eigenvalue weighted by Gasteiger charge is 2.35. The van der Waals surface area contributed by atoms with Crippen LogP contribution in [0, 0.1) is 0 Å². The van der Waals surface area contributed by atoms with E-state index in [1.54, 1.807) is 7.11 Å². The fourth-order valence-electron chi connectivity index (χ4n) is 3.55. The summed E-state index contributed by atoms with van der Waals surface area (Å²) >= 11 is 4.69. The molecule has 28 heavy (non-hydrogen) atoms. The zero-order valence-electron chi connectivity index (χ0n) is 14.9. The zero-order valence-corrected chi connectivity index (χ0v) is 17.3. The number of carbonyl (C=O) groups is 2. The number of ether oxygens (including phenoxy) is 1. The average molecular weight is 458 g/mol. The van der Waals surface area contributed by atoms with Crippen molar-refractivity contribution >= 4 is 44.8 Å². The van der Waals surface area contributed by atoms with Crippen LogP contribution in [0.5, 0.6) is 5.75 Å². The SMILES string of the molecule is COc1ccc(Br)cc1[C@@H]1CC(=O)Nc2c1sc(C(=O)O)c2-c1ccccc1. The molecule has 0 spiro atoms. The standard InChI is InChI=1S/C21H16BrNO4S/c1-27-15-8-7-12(22)9-13(15)14-10-16(24)23-18-17(11-5-3-2-4-6-11)20(21(25)26)28-19(14)18/h2-9,14H,10H2,1H3,(H,23,24)(H,25,26)/t14-/m0/s1. The monoisotopic (exact) mass is 457 g/mol. The Kier molecular flexibility index (Phi) is 4.95. The Balaban J connectivity index is 1.97. The van der Waals surface area contributed by atoms with Crippen molar-refractivity contribution in [1.82, 2.24) is 0 Å². The Hall–Kier alpha value is -2.64. The maximum absolute atomic E-state index is 12.6. The number of aromatic carboxylic acids is 1. The van der Waals surface area contributed by atoms with Crippen molar-refractivity contribution in [2.24, 2.45) is 0 Å². The van der Waals surface area contributed by atoms with Crippen LogP contribution in [0.4, 0.5) is 5.69 Å². The highest BCUT2D eigenvalue weighted by atomic mass is 79.9. The van der Waals surface area contributed by atoms with Crippen molar-refractivity contribution in [2.45, 2.75) is 12.3 Å². The van der Waals surface area contributed by atoms with Gasteiger partial charge in [-0.3, -0.25) is 4.79 Å². The van der Waals surface area contributed by atoms with E-state index in [0.717, 1.165) is 20.5 Å². The molecule has 1 amide bonds. The minimum atomic E-state index is -1.01. The second kappa shape index (κ2) is 7.41. The molecule has 1 aliphatic heterocycles. The number of anilines is 1. The number of methoxy groups -OCH3 is 1. The van der Waals surface area contributed by atoms with Gasteiger partial charge in [0.15, 0.2) is 0 Å². The summed E-state index contributed by atoms with van der Waals surface area (Å²) in [5.74, 6) is -0.768. The fourth-order valence-corrected chi connectivity index (χ4v) is 5.16. The van der Waals surface area contributed by atoms with Gasteiger partial charge in [0.25, 0.3) is 0 Å². The van der Waals surface area contributed by atoms with E-state index in [0.29, 0.717) is 17.0 Å². The van der Waals surface area contributed by atoms with Gasteiger partial charge in [0.2, 0.25) is 5.91 Å². The van der Waals surface area contributed by atoms with Crippen LogP contribution in [-0.2, 0) is 4.79 Å². The van der Waals surface area contributed by atoms with Gasteiger partial charge in [0.1, 0.15) is 10.6 Å². The normalized spacial score (nSPS) is 15.6. The molecule has 1 aliphatic rings. The van der Waals surface area contributed by atoms with Crippen molar-refractivity contribution in [3.8, 4) is 16.9 Å². The number of rotatable bonds is 4. The van der Waals surface area contributed by atoms with Gasteiger partial charge in [-0.1, -0.05) is 46.3 Å². The summed E-state index contributed by atoms with van der Waals surface area (Å²) in [6.07, 6.45) is 0.230. The van der Waals surface area contributed by atoms with E-state index in [1.807, 2.05) is 48.5 Å². The lowest BCUT2D eigenvalue weighted by Crippen LogP contribution is -2.22. The number of carbonyl (C=O) groups excluding carboxylic acids is 1. The summed E-state index contributed by atoms with van der Waals surface area (Å²) in [5, 5.41) is 12.7. The van der Waals surface area contributed by atoms with Gasteiger partial charge in [-0.25, -0.2) is 4.79 Å². The molecule has 142 valence electrons. The van der Waals surface area contributed by atoms with E-state index < -0.39 is 5.97 Å². The van der Waals surface area contributed by atoms with Gasteiger partial charge >= 0.3 is 5.97 Å². The number of halogens is 1. The number of amides is 1. The molecule has 4 rings (SSSR count). The Labute approximate surface area is 174 Å². The number of thiophene rings is 1. The van der Waals surface area contributed by atoms with E-state index in [4.69, 9.17) is 4.74 Å². The molecule has 2 N–H and O–H groups in total. The largest absolute Gasteiger partial charge is 0.496 e. The first-order valence-electron chi connectivity index (χ1n) is 8.58. The first-order chi connectivity index (χ1) is 13.5. The highest BCUT2D eigenvalue weighted by molar-refractivity contribution is 9.10. The number of hydrogen-bond acceptors (Lipinski definition) is 4. The van der Waals surface area contributed by atoms with Crippen molar-refractivity contribution < 1.29 is 19.4 Å². The third kappa shape index (κ3) is 3.21. The van der Waals surface area contributed by atoms with Crippen molar-refractivity contribution in [3.63, 3.8) is 0 Å². The van der Waals surface area contributed by atoms with E-state index in [1.165, 1.54) is 11.3 Å². The molecule has 0 radical (unpaired) electrons. The number of carboxylic acid groups (broad SMARTS) is 1. The Morgan fingerprint density at radius 2 is 2.00 bits per heavy atom. The van der Waals surface area contributed by atoms with E-state index in [-0.39, 0.29) is 23.1 Å². The third-order valence-corrected chi connectivity index (χ3v) is 6.51. The van der Waals surface area contributed by atoms with Gasteiger partial charge in [0, 0.05) is 32.8 Å². The molecule has 2 heterocycles. The fraction of sp³-hybridized carbons (Fsp3) is 0.143. The van der Waals surface area contributed by atoms with Crippen molar-refractivity contribution in [3.05, 3.63) is 68.3 Å². The van der Waals surface area contributed by atoms with Crippen LogP contribution in [-0.4, -0.2) is 24.1 Å². The molecule has 0 unspecified atom stereocenters. The molecule has 1 atom stereocenters. The number of nitrogens with one attached hydrogen (secondary N) is 1. The summed E-state index contributed by atoms with van der Waals surface area (Å²) in [6, 6.07) is 14.9. The Morgan fingerprint density at radius 1 is 1.25 bits per heavy atom. The van der Waals surface area contributed by atoms with Crippen LogP contribution < -0.4 is 10.1 Å². The molecule has 7 heteroatoms. The number of hydrogen-bond donors (Lipinski definition) is 2. The molecule has 0 saturated carbocycles. The summed E-state index contributed by atoms with van der Waals surface area (Å²) in [4.78, 5) is 25.6. The van der Waals surface area contributed by atoms with Crippen molar-refractivity contribution in [1.29, 1.82) is 0 Å². The van der Waals surface area contributed by atoms with Crippen LogP contribution in [0.15, 0.2) is 53.0 Å². The lowest BCUT2D eigenvalue weighted by atomic mass is 9.88. The van der Waals surface area contributed by atoms with Gasteiger partial charge in [-0.15, -0.1) is 11.3 Å². The number of benzene rings is 2. The smallest absolute Gasteiger partial charge is 0.346 e. The van der Waals surface area contributed by atoms with Crippen LogP contribution in [0.1, 0.15) is 32.5 Å². The van der Waals surface area contributed by atoms with E-state index in [2.05, 4.69) is 21.2 Å². The molecule has 2 aromatic carbocycles. The number of fused-ring (bicyclic) bond motifs is 1. The first-order valence-corrected chi connectivity index (χ1v) is 10.2. The quantitative estimate of drug-likeness (QED) is 0.552. The second-order valence-electron chi connectivity index (χ2n) is 6.41. The minimum Gasteiger partial charge on any atom is -0.496 e. The Bertz CT molecular complexity index is 1080. The zero-order chi connectivity index (χ0) is 19.8. The summed E-state index contributed by atoms with van der Waals surface area (Å²) in [5.41, 5.74) is 2.75. The summed E-state index contributed by atoms with van der Waals surface area (Å²) in [7, 11) is 1.59. The van der Waals surface area contributed by atoms with Crippen LogP contribution in [0.3, 0.4) is 0 Å². The lowest BCUT2D eigenvalue weighted by molar-refractivity contribution is -0.116. The van der Waals surface area contributed by atoms with Crippen LogP contribution in [0.25, 0.3) is 11.1 Å². The maximum Gasteiger partial charge on any atom is 0.346 e. The molecule has 0 saturated heterocycles. The average Bonchev–Trinajstić information content (AvgIpc) is 3.07. The van der Waals surface area contributed by atoms with Gasteiger partial charge < -0.3 is 15.2 Å². The minimum absolute atomic E-state index is 0.147. The predicted octanol–water partition coefficient (Wildman–Crippen LogP) is 5.36. The lowest BCUT2D eigenvalue weighted by Gasteiger charge is -2.25. The highest BCUT2D eigenvalue weighted by Crippen LogP contribution is 2.50. The molecule has 0 bridgehead atoms. The summed E-state index contributed by atoms with van der Waals surface area (Å²) < 4.78 is 6.38. The molecular formula is C21H16BrNO4S. The van der Waals surface area contributed by atoms with E-state index >= 15 is 0 Å². The second-order valence-corrected chi connectivity index (χ2v) is 8.38. The third-order valence-electron chi connectivity index (χ3n) is 4.73. The van der Waals surface area contributed by atoms with E-state index in [9.17, 15) is 14.7 Å². The predicted molar refractivity (Wildman–Crippen MR) is 112 cm³/mol. The Morgan fingerprint density at radius 3 is 2.68 bits per heavy atom. The van der Waals surface area contributed by atoms with Crippen LogP contribution in [0.2, 0.25) is 0 Å².